The molecule has 7 heteroatoms. The average molecular weight is 438 g/mol. The summed E-state index contributed by atoms with van der Waals surface area (Å²) in [7, 11) is -1.75. The Balaban J connectivity index is 2.76. The molecule has 0 aliphatic carbocycles. The number of nitrogens with zero attached hydrogens (tertiary/aromatic N) is 2. The third-order valence-electron chi connectivity index (χ3n) is 4.17. The van der Waals surface area contributed by atoms with E-state index in [1.807, 2.05) is 11.6 Å². The molecule has 0 fully saturated rings. The lowest BCUT2D eigenvalue weighted by molar-refractivity contribution is 0.0517. The number of halogens is 1. The van der Waals surface area contributed by atoms with Gasteiger partial charge in [-0.2, -0.15) is 5.10 Å². The molecule has 0 aliphatic heterocycles. The molecule has 0 saturated heterocycles. The van der Waals surface area contributed by atoms with Crippen LogP contribution in [0.1, 0.15) is 43.9 Å². The largest absolute Gasteiger partial charge is 0.461 e. The second-order valence-corrected chi connectivity index (χ2v) is 12.7. The fourth-order valence-corrected chi connectivity index (χ4v) is 3.32. The Bertz CT molecular complexity index is 536. The first-order chi connectivity index (χ1) is 10.0. The smallest absolute Gasteiger partial charge is 0.359 e. The van der Waals surface area contributed by atoms with Crippen molar-refractivity contribution in [2.24, 2.45) is 0 Å². The summed E-state index contributed by atoms with van der Waals surface area (Å²) in [6, 6.07) is 0. The van der Waals surface area contributed by atoms with Gasteiger partial charge in [0.1, 0.15) is 0 Å². The van der Waals surface area contributed by atoms with E-state index in [1.165, 1.54) is 0 Å². The molecule has 0 aliphatic rings. The van der Waals surface area contributed by atoms with Crippen LogP contribution in [0.5, 0.6) is 0 Å². The van der Waals surface area contributed by atoms with Gasteiger partial charge in [-0.15, -0.1) is 0 Å². The van der Waals surface area contributed by atoms with Gasteiger partial charge in [0.05, 0.1) is 23.3 Å². The number of aromatic nitrogens is 2. The molecule has 126 valence electrons. The van der Waals surface area contributed by atoms with Crippen molar-refractivity contribution in [3.8, 4) is 0 Å². The third-order valence-corrected chi connectivity index (χ3v) is 10.0. The van der Waals surface area contributed by atoms with Crippen molar-refractivity contribution < 1.29 is 14.0 Å². The monoisotopic (exact) mass is 438 g/mol. The zero-order valence-electron chi connectivity index (χ0n) is 14.6. The van der Waals surface area contributed by atoms with Gasteiger partial charge in [0.2, 0.25) is 0 Å². The van der Waals surface area contributed by atoms with Gasteiger partial charge in [0.15, 0.2) is 14.0 Å². The summed E-state index contributed by atoms with van der Waals surface area (Å²) in [6.07, 6.45) is 0. The van der Waals surface area contributed by atoms with Crippen molar-refractivity contribution in [3.05, 3.63) is 15.0 Å². The molecule has 1 aromatic heterocycles. The summed E-state index contributed by atoms with van der Waals surface area (Å²) in [5.74, 6) is -0.362. The lowest BCUT2D eigenvalue weighted by atomic mass is 10.2. The number of hydrogen-bond donors (Lipinski definition) is 0. The Morgan fingerprint density at radius 3 is 2.45 bits per heavy atom. The molecule has 0 radical (unpaired) electrons. The number of carbonyl (C=O) groups is 1. The van der Waals surface area contributed by atoms with E-state index in [0.717, 1.165) is 9.26 Å². The van der Waals surface area contributed by atoms with E-state index in [1.54, 1.807) is 6.92 Å². The molecular formula is C15H27IN2O3Si. The molecule has 5 nitrogen and oxygen atoms in total. The zero-order valence-corrected chi connectivity index (χ0v) is 17.8. The van der Waals surface area contributed by atoms with E-state index in [-0.39, 0.29) is 11.0 Å². The summed E-state index contributed by atoms with van der Waals surface area (Å²) in [6.45, 7) is 16.5. The number of esters is 1. The molecule has 0 bridgehead atoms. The van der Waals surface area contributed by atoms with Crippen LogP contribution in [-0.4, -0.2) is 37.3 Å². The first-order valence-corrected chi connectivity index (χ1v) is 11.5. The Kier molecular flexibility index (Phi) is 6.64. The van der Waals surface area contributed by atoms with Gasteiger partial charge in [-0.05, 0) is 54.6 Å². The number of carbonyl (C=O) groups excluding carboxylic acids is 1. The van der Waals surface area contributed by atoms with Gasteiger partial charge < -0.3 is 9.16 Å². The van der Waals surface area contributed by atoms with Crippen LogP contribution in [0.15, 0.2) is 0 Å². The van der Waals surface area contributed by atoms with Crippen LogP contribution < -0.4 is 0 Å². The van der Waals surface area contributed by atoms with Gasteiger partial charge in [0, 0.05) is 5.69 Å². The van der Waals surface area contributed by atoms with E-state index in [2.05, 4.69) is 61.6 Å². The van der Waals surface area contributed by atoms with Crippen molar-refractivity contribution >= 4 is 36.9 Å². The van der Waals surface area contributed by atoms with Crippen LogP contribution in [0, 0.1) is 10.5 Å². The average Bonchev–Trinajstić information content (AvgIpc) is 2.66. The van der Waals surface area contributed by atoms with E-state index in [4.69, 9.17) is 9.16 Å². The van der Waals surface area contributed by atoms with E-state index in [9.17, 15) is 4.79 Å². The summed E-state index contributed by atoms with van der Waals surface area (Å²) >= 11 is 2.15. The van der Waals surface area contributed by atoms with Crippen LogP contribution in [0.3, 0.4) is 0 Å². The summed E-state index contributed by atoms with van der Waals surface area (Å²) in [5, 5.41) is 4.57. The number of ether oxygens (including phenoxy) is 1. The van der Waals surface area contributed by atoms with E-state index >= 15 is 0 Å². The standard InChI is InChI=1S/C15H27IN2O3Si/c1-8-20-14(19)13-12(16)11(2)18(17-13)9-10-21-22(6,7)15(3,4)5/h8-10H2,1-7H3. The summed E-state index contributed by atoms with van der Waals surface area (Å²) in [5.41, 5.74) is 1.37. The maximum Gasteiger partial charge on any atom is 0.359 e. The van der Waals surface area contributed by atoms with Gasteiger partial charge in [-0.3, -0.25) is 4.68 Å². The van der Waals surface area contributed by atoms with Crippen molar-refractivity contribution in [1.82, 2.24) is 9.78 Å². The summed E-state index contributed by atoms with van der Waals surface area (Å²) in [4.78, 5) is 11.9. The molecule has 1 rings (SSSR count). The Morgan fingerprint density at radius 1 is 1.36 bits per heavy atom. The second kappa shape index (κ2) is 7.44. The molecule has 1 heterocycles. The molecule has 0 amide bonds. The van der Waals surface area contributed by atoms with Crippen LogP contribution in [0.2, 0.25) is 18.1 Å². The first-order valence-electron chi connectivity index (χ1n) is 7.55. The molecule has 0 saturated carbocycles. The first kappa shape index (κ1) is 19.6. The third kappa shape index (κ3) is 4.54. The minimum Gasteiger partial charge on any atom is -0.461 e. The predicted molar refractivity (Wildman–Crippen MR) is 98.8 cm³/mol. The highest BCUT2D eigenvalue weighted by atomic mass is 127. The molecule has 0 unspecified atom stereocenters. The molecule has 0 N–H and O–H groups in total. The van der Waals surface area contributed by atoms with Crippen LogP contribution in [-0.2, 0) is 15.7 Å². The van der Waals surface area contributed by atoms with Gasteiger partial charge in [-0.1, -0.05) is 20.8 Å². The van der Waals surface area contributed by atoms with E-state index < -0.39 is 8.32 Å². The second-order valence-electron chi connectivity index (χ2n) is 6.80. The molecular weight excluding hydrogens is 411 g/mol. The number of rotatable bonds is 6. The normalized spacial score (nSPS) is 12.5. The minimum atomic E-state index is -1.75. The highest BCUT2D eigenvalue weighted by Gasteiger charge is 2.37. The molecule has 1 aromatic rings. The van der Waals surface area contributed by atoms with Crippen LogP contribution in [0.25, 0.3) is 0 Å². The Hall–Kier alpha value is -0.413. The fraction of sp³-hybridized carbons (Fsp3) is 0.733. The van der Waals surface area contributed by atoms with Crippen molar-refractivity contribution in [2.45, 2.75) is 59.3 Å². The van der Waals surface area contributed by atoms with Crippen molar-refractivity contribution in [1.29, 1.82) is 0 Å². The fourth-order valence-electron chi connectivity index (χ4n) is 1.68. The van der Waals surface area contributed by atoms with Crippen molar-refractivity contribution in [2.75, 3.05) is 13.2 Å². The molecule has 0 atom stereocenters. The van der Waals surface area contributed by atoms with E-state index in [0.29, 0.717) is 25.5 Å². The SMILES string of the molecule is CCOC(=O)c1nn(CCO[Si](C)(C)C(C)(C)C)c(C)c1I. The van der Waals surface area contributed by atoms with Gasteiger partial charge >= 0.3 is 5.97 Å². The molecule has 0 aromatic carbocycles. The highest BCUT2D eigenvalue weighted by Crippen LogP contribution is 2.36. The van der Waals surface area contributed by atoms with Gasteiger partial charge in [0.25, 0.3) is 0 Å². The molecule has 0 spiro atoms. The predicted octanol–water partition coefficient (Wildman–Crippen LogP) is 3.99. The maximum absolute atomic E-state index is 11.9. The summed E-state index contributed by atoms with van der Waals surface area (Å²) < 4.78 is 13.9. The van der Waals surface area contributed by atoms with Gasteiger partial charge in [-0.25, -0.2) is 4.79 Å². The highest BCUT2D eigenvalue weighted by molar-refractivity contribution is 14.1. The maximum atomic E-state index is 11.9. The zero-order chi connectivity index (χ0) is 17.1. The Labute approximate surface area is 148 Å². The Morgan fingerprint density at radius 2 is 1.95 bits per heavy atom. The van der Waals surface area contributed by atoms with Crippen molar-refractivity contribution in [3.63, 3.8) is 0 Å². The lowest BCUT2D eigenvalue weighted by Gasteiger charge is -2.36. The lowest BCUT2D eigenvalue weighted by Crippen LogP contribution is -2.41. The topological polar surface area (TPSA) is 53.3 Å². The quantitative estimate of drug-likeness (QED) is 0.383. The number of hydrogen-bond acceptors (Lipinski definition) is 4. The van der Waals surface area contributed by atoms with Crippen LogP contribution in [0.4, 0.5) is 0 Å². The van der Waals surface area contributed by atoms with Crippen LogP contribution >= 0.6 is 22.6 Å². The molecule has 22 heavy (non-hydrogen) atoms. The minimum absolute atomic E-state index is 0.191.